The summed E-state index contributed by atoms with van der Waals surface area (Å²) in [4.78, 5) is 6.49. The van der Waals surface area contributed by atoms with Crippen LogP contribution in [0, 0.1) is 6.92 Å². The number of nitrogens with zero attached hydrogens (tertiary/aromatic N) is 5. The van der Waals surface area contributed by atoms with Crippen molar-refractivity contribution in [2.45, 2.75) is 50.7 Å². The van der Waals surface area contributed by atoms with Crippen LogP contribution in [0.15, 0.2) is 42.9 Å². The maximum Gasteiger partial charge on any atom is 0.151 e. The SMILES string of the molecule is Cc1cn(-c2ccc(-c3ccc(N(C)[C@@H]4CC5CC[C@@H](C4)N5)nn3)c(O)c2)cn1. The summed E-state index contributed by atoms with van der Waals surface area (Å²) in [6.45, 7) is 1.94. The predicted octanol–water partition coefficient (Wildman–Crippen LogP) is 3.06. The first-order valence-corrected chi connectivity index (χ1v) is 10.2. The molecule has 0 radical (unpaired) electrons. The Hall–Kier alpha value is -2.93. The zero-order chi connectivity index (χ0) is 20.0. The van der Waals surface area contributed by atoms with Crippen LogP contribution in [0.3, 0.4) is 0 Å². The van der Waals surface area contributed by atoms with Gasteiger partial charge in [-0.3, -0.25) is 0 Å². The summed E-state index contributed by atoms with van der Waals surface area (Å²) in [5.41, 5.74) is 3.13. The van der Waals surface area contributed by atoms with E-state index in [0.717, 1.165) is 30.0 Å². The van der Waals surface area contributed by atoms with Crippen molar-refractivity contribution >= 4 is 5.82 Å². The second-order valence-electron chi connectivity index (χ2n) is 8.27. The van der Waals surface area contributed by atoms with Gasteiger partial charge in [-0.1, -0.05) is 0 Å². The standard InChI is InChI=1S/C22H26N6O/c1-14-12-28(13-23-14)17-5-6-19(21(29)11-17)20-7-8-22(26-25-20)27(2)18-9-15-3-4-16(10-18)24-15/h5-8,11-13,15-16,18,24,29H,3-4,9-10H2,1-2H3/t15-,16?,18-/m0/s1. The number of aromatic hydroxyl groups is 1. The quantitative estimate of drug-likeness (QED) is 0.713. The Labute approximate surface area is 170 Å². The van der Waals surface area contributed by atoms with Gasteiger partial charge in [0.2, 0.25) is 0 Å². The van der Waals surface area contributed by atoms with Crippen LogP contribution in [-0.4, -0.2) is 50.0 Å². The van der Waals surface area contributed by atoms with E-state index in [1.807, 2.05) is 42.0 Å². The first-order valence-electron chi connectivity index (χ1n) is 10.2. The second kappa shape index (κ2) is 7.15. The Bertz CT molecular complexity index is 1000. The third-order valence-electron chi connectivity index (χ3n) is 6.27. The molecule has 7 nitrogen and oxygen atoms in total. The van der Waals surface area contributed by atoms with Gasteiger partial charge in [0.15, 0.2) is 5.82 Å². The Morgan fingerprint density at radius 1 is 1.10 bits per heavy atom. The number of phenolic OH excluding ortho intramolecular Hbond substituents is 1. The maximum absolute atomic E-state index is 10.5. The topological polar surface area (TPSA) is 79.1 Å². The van der Waals surface area contributed by atoms with Crippen LogP contribution in [0.1, 0.15) is 31.4 Å². The molecule has 1 aromatic carbocycles. The van der Waals surface area contributed by atoms with Crippen LogP contribution in [0.5, 0.6) is 5.75 Å². The Morgan fingerprint density at radius 2 is 1.90 bits per heavy atom. The monoisotopic (exact) mass is 390 g/mol. The summed E-state index contributed by atoms with van der Waals surface area (Å²) >= 11 is 0. The van der Waals surface area contributed by atoms with E-state index in [4.69, 9.17) is 0 Å². The average Bonchev–Trinajstić information content (AvgIpc) is 3.32. The fraction of sp³-hybridized carbons (Fsp3) is 0.409. The molecule has 29 heavy (non-hydrogen) atoms. The van der Waals surface area contributed by atoms with E-state index in [9.17, 15) is 5.11 Å². The van der Waals surface area contributed by atoms with Gasteiger partial charge in [0.1, 0.15) is 5.75 Å². The molecule has 0 spiro atoms. The molecule has 3 aromatic rings. The lowest BCUT2D eigenvalue weighted by atomic mass is 9.98. The highest BCUT2D eigenvalue weighted by Gasteiger charge is 2.35. The summed E-state index contributed by atoms with van der Waals surface area (Å²) in [5, 5.41) is 23.1. The molecule has 5 rings (SSSR count). The van der Waals surface area contributed by atoms with Crippen molar-refractivity contribution in [2.24, 2.45) is 0 Å². The van der Waals surface area contributed by atoms with Gasteiger partial charge in [0, 0.05) is 43.0 Å². The fourth-order valence-electron chi connectivity index (χ4n) is 4.65. The molecule has 0 aliphatic carbocycles. The number of nitrogens with one attached hydrogen (secondary N) is 1. The maximum atomic E-state index is 10.5. The summed E-state index contributed by atoms with van der Waals surface area (Å²) in [7, 11) is 2.11. The number of fused-ring (bicyclic) bond motifs is 2. The van der Waals surface area contributed by atoms with Crippen LogP contribution in [-0.2, 0) is 0 Å². The van der Waals surface area contributed by atoms with Gasteiger partial charge in [-0.05, 0) is 56.9 Å². The van der Waals surface area contributed by atoms with Crippen LogP contribution < -0.4 is 10.2 Å². The van der Waals surface area contributed by atoms with Crippen molar-refractivity contribution in [3.05, 3.63) is 48.5 Å². The summed E-state index contributed by atoms with van der Waals surface area (Å²) in [6.07, 6.45) is 8.55. The van der Waals surface area contributed by atoms with Gasteiger partial charge in [0.05, 0.1) is 23.4 Å². The van der Waals surface area contributed by atoms with Gasteiger partial charge >= 0.3 is 0 Å². The largest absolute Gasteiger partial charge is 0.507 e. The Morgan fingerprint density at radius 3 is 2.52 bits per heavy atom. The number of piperidine rings is 1. The molecule has 2 saturated heterocycles. The van der Waals surface area contributed by atoms with Crippen molar-refractivity contribution < 1.29 is 5.11 Å². The van der Waals surface area contributed by atoms with E-state index in [1.54, 1.807) is 12.4 Å². The molecule has 2 bridgehead atoms. The number of hydrogen-bond acceptors (Lipinski definition) is 6. The average molecular weight is 390 g/mol. The normalized spacial score (nSPS) is 23.3. The van der Waals surface area contributed by atoms with E-state index >= 15 is 0 Å². The highest BCUT2D eigenvalue weighted by Crippen LogP contribution is 2.32. The minimum absolute atomic E-state index is 0.180. The number of benzene rings is 1. The third-order valence-corrected chi connectivity index (χ3v) is 6.27. The highest BCUT2D eigenvalue weighted by atomic mass is 16.3. The van der Waals surface area contributed by atoms with Crippen molar-refractivity contribution in [1.29, 1.82) is 0 Å². The molecular formula is C22H26N6O. The molecular weight excluding hydrogens is 364 g/mol. The molecule has 2 N–H and O–H groups in total. The van der Waals surface area contributed by atoms with E-state index < -0.39 is 0 Å². The number of aromatic nitrogens is 4. The zero-order valence-electron chi connectivity index (χ0n) is 16.8. The summed E-state index contributed by atoms with van der Waals surface area (Å²) in [5.74, 6) is 1.06. The predicted molar refractivity (Wildman–Crippen MR) is 112 cm³/mol. The number of hydrogen-bond donors (Lipinski definition) is 2. The van der Waals surface area contributed by atoms with Gasteiger partial charge in [-0.2, -0.15) is 0 Å². The minimum atomic E-state index is 0.180. The first kappa shape index (κ1) is 18.1. The van der Waals surface area contributed by atoms with Gasteiger partial charge in [-0.25, -0.2) is 4.98 Å². The number of rotatable bonds is 4. The lowest BCUT2D eigenvalue weighted by Crippen LogP contribution is -2.47. The molecule has 2 aliphatic rings. The van der Waals surface area contributed by atoms with E-state index in [1.165, 1.54) is 12.8 Å². The van der Waals surface area contributed by atoms with Crippen LogP contribution in [0.2, 0.25) is 0 Å². The zero-order valence-corrected chi connectivity index (χ0v) is 16.8. The molecule has 7 heteroatoms. The molecule has 150 valence electrons. The molecule has 0 saturated carbocycles. The third kappa shape index (κ3) is 3.46. The Kier molecular flexibility index (Phi) is 4.47. The number of imidazole rings is 1. The van der Waals surface area contributed by atoms with Crippen molar-refractivity contribution in [3.8, 4) is 22.7 Å². The minimum Gasteiger partial charge on any atom is -0.507 e. The lowest BCUT2D eigenvalue weighted by Gasteiger charge is -2.36. The smallest absolute Gasteiger partial charge is 0.151 e. The van der Waals surface area contributed by atoms with E-state index in [-0.39, 0.29) is 5.75 Å². The van der Waals surface area contributed by atoms with Crippen molar-refractivity contribution in [1.82, 2.24) is 25.1 Å². The molecule has 2 fully saturated rings. The first-order chi connectivity index (χ1) is 14.1. The Balaban J connectivity index is 1.34. The van der Waals surface area contributed by atoms with Crippen LogP contribution in [0.4, 0.5) is 5.82 Å². The van der Waals surface area contributed by atoms with Crippen LogP contribution >= 0.6 is 0 Å². The van der Waals surface area contributed by atoms with Gasteiger partial charge in [0.25, 0.3) is 0 Å². The second-order valence-corrected chi connectivity index (χ2v) is 8.27. The number of anilines is 1. The van der Waals surface area contributed by atoms with E-state index in [0.29, 0.717) is 29.4 Å². The van der Waals surface area contributed by atoms with E-state index in [2.05, 4.69) is 32.4 Å². The molecule has 3 atom stereocenters. The lowest BCUT2D eigenvalue weighted by molar-refractivity contribution is 0.353. The van der Waals surface area contributed by atoms with Crippen LogP contribution in [0.25, 0.3) is 16.9 Å². The molecule has 0 amide bonds. The fourth-order valence-corrected chi connectivity index (χ4v) is 4.65. The van der Waals surface area contributed by atoms with Crippen molar-refractivity contribution in [2.75, 3.05) is 11.9 Å². The summed E-state index contributed by atoms with van der Waals surface area (Å²) < 4.78 is 1.88. The number of aryl methyl sites for hydroxylation is 1. The van der Waals surface area contributed by atoms with Gasteiger partial charge < -0.3 is 19.9 Å². The number of phenols is 1. The molecule has 2 aromatic heterocycles. The molecule has 1 unspecified atom stereocenters. The molecule has 4 heterocycles. The van der Waals surface area contributed by atoms with Gasteiger partial charge in [-0.15, -0.1) is 10.2 Å². The summed E-state index contributed by atoms with van der Waals surface area (Å²) in [6, 6.07) is 11.3. The van der Waals surface area contributed by atoms with Crippen molar-refractivity contribution in [3.63, 3.8) is 0 Å². The highest BCUT2D eigenvalue weighted by molar-refractivity contribution is 5.69. The molecule has 2 aliphatic heterocycles.